The predicted octanol–water partition coefficient (Wildman–Crippen LogP) is 8.48. The van der Waals surface area contributed by atoms with Crippen LogP contribution in [0.1, 0.15) is 216 Å². The summed E-state index contributed by atoms with van der Waals surface area (Å²) in [6.07, 6.45) is 20.8. The minimum atomic E-state index is -0.785. The first-order valence-electron chi connectivity index (χ1n) is 29.2. The second-order valence-corrected chi connectivity index (χ2v) is 26.1. The molecule has 6 amide bonds. The highest BCUT2D eigenvalue weighted by Crippen LogP contribution is 2.66. The van der Waals surface area contributed by atoms with Crippen LogP contribution in [0.15, 0.2) is 0 Å². The molecule has 0 aromatic carbocycles. The van der Waals surface area contributed by atoms with Gasteiger partial charge in [-0.1, -0.05) is 74.7 Å². The fraction of sp³-hybridized carbons (Fsp3) is 0.895. The molecule has 14 nitrogen and oxygen atoms in total. The molecule has 15 heteroatoms. The van der Waals surface area contributed by atoms with Crippen LogP contribution in [0.25, 0.3) is 0 Å². The van der Waals surface area contributed by atoms with Crippen molar-refractivity contribution in [2.75, 3.05) is 19.6 Å². The quantitative estimate of drug-likeness (QED) is 0.0285. The molecule has 0 spiro atoms. The van der Waals surface area contributed by atoms with Crippen molar-refractivity contribution in [1.29, 1.82) is 0 Å². The molecule has 8 aliphatic rings. The van der Waals surface area contributed by atoms with E-state index in [0.717, 1.165) is 82.0 Å². The van der Waals surface area contributed by atoms with Gasteiger partial charge in [0.2, 0.25) is 35.4 Å². The Bertz CT molecular complexity index is 1790. The molecular formula is C57H99BN6O8. The predicted molar refractivity (Wildman–Crippen MR) is 284 cm³/mol. The molecule has 0 aromatic heterocycles. The van der Waals surface area contributed by atoms with Crippen LogP contribution >= 0.6 is 0 Å². The Morgan fingerprint density at radius 2 is 0.986 bits per heavy atom. The lowest BCUT2D eigenvalue weighted by Gasteiger charge is -2.64. The Labute approximate surface area is 435 Å². The van der Waals surface area contributed by atoms with Crippen molar-refractivity contribution in [2.45, 2.75) is 246 Å². The molecule has 0 aromatic rings. The lowest BCUT2D eigenvalue weighted by atomic mass is 9.43. The minimum Gasteiger partial charge on any atom is -0.404 e. The van der Waals surface area contributed by atoms with Gasteiger partial charge in [0.05, 0.1) is 17.6 Å². The van der Waals surface area contributed by atoms with Gasteiger partial charge < -0.3 is 41.2 Å². The Kier molecular flexibility index (Phi) is 21.4. The summed E-state index contributed by atoms with van der Waals surface area (Å²) < 4.78 is 13.4. The SMILES string of the molecule is CC(C)C[C@H](NC(=O)[C@H](CC(C)C)NC(=O)[C@H](CC(C)C)NC(=O)CCCCCNC(=O)CCCCCNC(=O)CCCCCNC(=O)CC12CC3CC(CC(C3)C1)C2)B1O[C@@H]2C[C@@H]3C[C@@H](C3(C)C)[C@]2(C)O1. The molecule has 72 heavy (non-hydrogen) atoms. The number of amides is 6. The summed E-state index contributed by atoms with van der Waals surface area (Å²) in [6.45, 7) is 21.0. The van der Waals surface area contributed by atoms with Gasteiger partial charge in [0.25, 0.3) is 0 Å². The minimum absolute atomic E-state index is 0.000201. The highest BCUT2D eigenvalue weighted by Gasteiger charge is 2.68. The van der Waals surface area contributed by atoms with Gasteiger partial charge in [0.15, 0.2) is 0 Å². The number of carbonyl (C=O) groups excluding carboxylic acids is 6. The summed E-state index contributed by atoms with van der Waals surface area (Å²) in [5, 5.41) is 18.4. The number of unbranched alkanes of at least 4 members (excludes halogenated alkanes) is 6. The van der Waals surface area contributed by atoms with E-state index >= 15 is 0 Å². The van der Waals surface area contributed by atoms with Crippen molar-refractivity contribution in [3.8, 4) is 0 Å². The highest BCUT2D eigenvalue weighted by molar-refractivity contribution is 6.48. The molecule has 8 rings (SSSR count). The van der Waals surface area contributed by atoms with Gasteiger partial charge in [-0.05, 0) is 174 Å². The molecule has 6 N–H and O–H groups in total. The second-order valence-electron chi connectivity index (χ2n) is 26.1. The maximum absolute atomic E-state index is 14.1. The number of carbonyl (C=O) groups is 6. The van der Waals surface area contributed by atoms with E-state index in [4.69, 9.17) is 9.31 Å². The van der Waals surface area contributed by atoms with Gasteiger partial charge in [0.1, 0.15) is 12.1 Å². The molecule has 6 bridgehead atoms. The van der Waals surface area contributed by atoms with Crippen LogP contribution in [-0.4, -0.2) is 91.9 Å². The summed E-state index contributed by atoms with van der Waals surface area (Å²) >= 11 is 0. The fourth-order valence-electron chi connectivity index (χ4n) is 14.6. The smallest absolute Gasteiger partial charge is 0.404 e. The summed E-state index contributed by atoms with van der Waals surface area (Å²) in [4.78, 5) is 78.8. The van der Waals surface area contributed by atoms with Crippen molar-refractivity contribution >= 4 is 42.6 Å². The van der Waals surface area contributed by atoms with Gasteiger partial charge in [-0.25, -0.2) is 0 Å². The standard InChI is InChI=1S/C57H99BN6O8/c1-37(2)25-44(53(69)63-45(26-38(3)4)54(70)64-48(27-39(5)6)58-71-47-32-43-31-46(55(43,7)8)56(47,9)72-58)62-51(67)21-15-12-17-23-60-49(65)19-13-10-16-22-59-50(66)20-14-11-18-24-61-52(68)36-57-33-40-28-41(34-57)30-42(29-40)35-57/h37-48H,10-36H2,1-9H3,(H,59,66)(H,60,65)(H,61,68)(H,62,67)(H,63,69)(H,64,70)/t40?,41?,42?,43-,44-,45-,46-,47+,48-,56-,57?/m0/s1. The first-order chi connectivity index (χ1) is 34.1. The van der Waals surface area contributed by atoms with E-state index in [-0.39, 0.29) is 82.5 Å². The summed E-state index contributed by atoms with van der Waals surface area (Å²) in [7, 11) is -0.565. The number of hydrogen-bond acceptors (Lipinski definition) is 8. The molecular weight excluding hydrogens is 907 g/mol. The molecule has 7 saturated carbocycles. The van der Waals surface area contributed by atoms with Gasteiger partial charge in [-0.3, -0.25) is 28.8 Å². The summed E-state index contributed by atoms with van der Waals surface area (Å²) in [5.41, 5.74) is 0.0897. The zero-order valence-electron chi connectivity index (χ0n) is 46.4. The van der Waals surface area contributed by atoms with Gasteiger partial charge in [-0.2, -0.15) is 0 Å². The third kappa shape index (κ3) is 16.4. The normalized spacial score (nSPS) is 28.8. The Morgan fingerprint density at radius 1 is 0.528 bits per heavy atom. The van der Waals surface area contributed by atoms with Crippen molar-refractivity contribution in [2.24, 2.45) is 58.2 Å². The van der Waals surface area contributed by atoms with E-state index in [9.17, 15) is 28.8 Å². The van der Waals surface area contributed by atoms with E-state index in [1.807, 2.05) is 27.7 Å². The topological polar surface area (TPSA) is 193 Å². The first-order valence-corrected chi connectivity index (χ1v) is 29.2. The van der Waals surface area contributed by atoms with Gasteiger partial charge in [-0.15, -0.1) is 0 Å². The molecule has 0 radical (unpaired) electrons. The molecule has 8 fully saturated rings. The molecule has 0 unspecified atom stereocenters. The second kappa shape index (κ2) is 26.5. The van der Waals surface area contributed by atoms with Crippen molar-refractivity contribution in [3.05, 3.63) is 0 Å². The van der Waals surface area contributed by atoms with Crippen LogP contribution in [0.3, 0.4) is 0 Å². The number of nitrogens with one attached hydrogen (secondary N) is 6. The molecule has 1 saturated heterocycles. The van der Waals surface area contributed by atoms with Crippen LogP contribution in [0.4, 0.5) is 0 Å². The monoisotopic (exact) mass is 1010 g/mol. The number of rotatable bonds is 32. The summed E-state index contributed by atoms with van der Waals surface area (Å²) in [5.74, 6) is 3.25. The van der Waals surface area contributed by atoms with Gasteiger partial charge >= 0.3 is 7.12 Å². The highest BCUT2D eigenvalue weighted by atomic mass is 16.7. The molecule has 7 aliphatic carbocycles. The Morgan fingerprint density at radius 3 is 1.47 bits per heavy atom. The van der Waals surface area contributed by atoms with Crippen molar-refractivity contribution < 1.29 is 38.1 Å². The van der Waals surface area contributed by atoms with E-state index in [0.29, 0.717) is 76.4 Å². The lowest BCUT2D eigenvalue weighted by Crippen LogP contribution is -2.65. The van der Waals surface area contributed by atoms with Crippen LogP contribution in [-0.2, 0) is 38.1 Å². The molecule has 1 heterocycles. The molecule has 1 aliphatic heterocycles. The van der Waals surface area contributed by atoms with Crippen molar-refractivity contribution in [1.82, 2.24) is 31.9 Å². The fourth-order valence-corrected chi connectivity index (χ4v) is 14.6. The first kappa shape index (κ1) is 58.1. The van der Waals surface area contributed by atoms with E-state index < -0.39 is 24.8 Å². The average Bonchev–Trinajstić information content (AvgIpc) is 3.65. The molecule has 7 atom stereocenters. The third-order valence-corrected chi connectivity index (χ3v) is 18.0. The zero-order chi connectivity index (χ0) is 52.2. The van der Waals surface area contributed by atoms with E-state index in [2.05, 4.69) is 66.5 Å². The lowest BCUT2D eigenvalue weighted by molar-refractivity contribution is -0.199. The number of hydrogen-bond donors (Lipinski definition) is 6. The van der Waals surface area contributed by atoms with Gasteiger partial charge in [0, 0.05) is 45.3 Å². The summed E-state index contributed by atoms with van der Waals surface area (Å²) in [6, 6.07) is -1.56. The largest absolute Gasteiger partial charge is 0.481 e. The van der Waals surface area contributed by atoms with Crippen LogP contribution in [0, 0.1) is 58.2 Å². The Hall–Kier alpha value is -3.20. The van der Waals surface area contributed by atoms with Crippen molar-refractivity contribution in [3.63, 3.8) is 0 Å². The molecule has 408 valence electrons. The van der Waals surface area contributed by atoms with Crippen LogP contribution in [0.2, 0.25) is 0 Å². The maximum Gasteiger partial charge on any atom is 0.481 e. The van der Waals surface area contributed by atoms with E-state index in [1.165, 1.54) is 38.5 Å². The Balaban J connectivity index is 0.785. The van der Waals surface area contributed by atoms with Crippen LogP contribution in [0.5, 0.6) is 0 Å². The van der Waals surface area contributed by atoms with Crippen LogP contribution < -0.4 is 31.9 Å². The average molecular weight is 1010 g/mol. The third-order valence-electron chi connectivity index (χ3n) is 18.0. The van der Waals surface area contributed by atoms with E-state index in [1.54, 1.807) is 0 Å². The zero-order valence-corrected chi connectivity index (χ0v) is 46.4. The maximum atomic E-state index is 14.1.